The molecule has 1 aliphatic carbocycles. The molecule has 0 N–H and O–H groups in total. The summed E-state index contributed by atoms with van der Waals surface area (Å²) in [4.78, 5) is 23.9. The van der Waals surface area contributed by atoms with Crippen molar-refractivity contribution in [1.29, 1.82) is 0 Å². The zero-order valence-corrected chi connectivity index (χ0v) is 8.41. The molecule has 14 heavy (non-hydrogen) atoms. The molecule has 1 saturated heterocycles. The number of esters is 2. The van der Waals surface area contributed by atoms with Crippen LogP contribution in [0.3, 0.4) is 0 Å². The van der Waals surface area contributed by atoms with E-state index in [1.165, 1.54) is 19.3 Å². The quantitative estimate of drug-likeness (QED) is 0.479. The van der Waals surface area contributed by atoms with Crippen molar-refractivity contribution < 1.29 is 14.3 Å². The smallest absolute Gasteiger partial charge is 0.327 e. The molecule has 2 rings (SSSR count). The van der Waals surface area contributed by atoms with Crippen molar-refractivity contribution in [3.63, 3.8) is 0 Å². The Morgan fingerprint density at radius 3 is 2.29 bits per heavy atom. The molecule has 0 unspecified atom stereocenters. The fraction of sp³-hybridized carbons (Fsp3) is 0.800. The Labute approximate surface area is 83.2 Å². The molecule has 4 nitrogen and oxygen atoms in total. The van der Waals surface area contributed by atoms with Crippen LogP contribution in [0.25, 0.3) is 0 Å². The zero-order valence-electron chi connectivity index (χ0n) is 8.41. The molecule has 4 heteroatoms. The first-order valence-electron chi connectivity index (χ1n) is 5.03. The number of rotatable bonds is 2. The van der Waals surface area contributed by atoms with Crippen LogP contribution in [0.2, 0.25) is 0 Å². The highest BCUT2D eigenvalue weighted by Gasteiger charge is 2.36. The molecule has 0 aromatic rings. The first-order valence-corrected chi connectivity index (χ1v) is 5.03. The minimum Gasteiger partial charge on any atom is -0.391 e. The van der Waals surface area contributed by atoms with Crippen LogP contribution in [-0.2, 0) is 14.3 Å². The molecular weight excluding hydrogens is 182 g/mol. The number of ether oxygens (including phenoxy) is 1. The summed E-state index contributed by atoms with van der Waals surface area (Å²) in [5, 5.41) is 0. The Morgan fingerprint density at radius 1 is 1.29 bits per heavy atom. The number of carbonyl (C=O) groups excluding carboxylic acids is 2. The minimum atomic E-state index is -0.413. The van der Waals surface area contributed by atoms with E-state index in [-0.39, 0.29) is 13.1 Å². The lowest BCUT2D eigenvalue weighted by atomic mass is 9.70. The number of nitrogens with zero attached hydrogens (tertiary/aromatic N) is 1. The van der Waals surface area contributed by atoms with Crippen molar-refractivity contribution in [2.24, 2.45) is 5.41 Å². The normalized spacial score (nSPS) is 26.9. The van der Waals surface area contributed by atoms with Crippen molar-refractivity contribution in [2.75, 3.05) is 19.6 Å². The van der Waals surface area contributed by atoms with Gasteiger partial charge in [-0.1, -0.05) is 13.3 Å². The van der Waals surface area contributed by atoms with Gasteiger partial charge in [0.2, 0.25) is 0 Å². The maximum atomic E-state index is 11.0. The fourth-order valence-corrected chi connectivity index (χ4v) is 2.20. The maximum Gasteiger partial charge on any atom is 0.327 e. The van der Waals surface area contributed by atoms with Gasteiger partial charge < -0.3 is 4.74 Å². The molecule has 2 aliphatic rings. The summed E-state index contributed by atoms with van der Waals surface area (Å²) in [6, 6.07) is 0. The lowest BCUT2D eigenvalue weighted by molar-refractivity contribution is -0.167. The highest BCUT2D eigenvalue weighted by Crippen LogP contribution is 2.40. The fourth-order valence-electron chi connectivity index (χ4n) is 2.20. The number of hydrogen-bond acceptors (Lipinski definition) is 4. The summed E-state index contributed by atoms with van der Waals surface area (Å²) in [5.41, 5.74) is 0.317. The average molecular weight is 197 g/mol. The van der Waals surface area contributed by atoms with Crippen LogP contribution in [0.5, 0.6) is 0 Å². The molecule has 1 heterocycles. The second-order valence-corrected chi connectivity index (χ2v) is 4.66. The Morgan fingerprint density at radius 2 is 1.86 bits per heavy atom. The van der Waals surface area contributed by atoms with Gasteiger partial charge in [-0.25, -0.2) is 0 Å². The van der Waals surface area contributed by atoms with E-state index in [0.29, 0.717) is 5.41 Å². The summed E-state index contributed by atoms with van der Waals surface area (Å²) in [5.74, 6) is -0.826. The van der Waals surface area contributed by atoms with E-state index in [1.54, 1.807) is 0 Å². The molecule has 1 aliphatic heterocycles. The van der Waals surface area contributed by atoms with E-state index < -0.39 is 11.9 Å². The van der Waals surface area contributed by atoms with Gasteiger partial charge in [0.15, 0.2) is 0 Å². The molecule has 0 aromatic heterocycles. The summed E-state index contributed by atoms with van der Waals surface area (Å²) in [6.45, 7) is 3.58. The van der Waals surface area contributed by atoms with Crippen LogP contribution in [0.4, 0.5) is 0 Å². The van der Waals surface area contributed by atoms with Gasteiger partial charge in [0.25, 0.3) is 0 Å². The SMILES string of the molecule is CC1(CN2CC(=O)OC(=O)C2)CCC1. The van der Waals surface area contributed by atoms with E-state index >= 15 is 0 Å². The largest absolute Gasteiger partial charge is 0.391 e. The van der Waals surface area contributed by atoms with Crippen molar-refractivity contribution in [3.8, 4) is 0 Å². The molecule has 78 valence electrons. The van der Waals surface area contributed by atoms with Gasteiger partial charge in [-0.2, -0.15) is 0 Å². The highest BCUT2D eigenvalue weighted by atomic mass is 16.6. The molecular formula is C10H15NO3. The molecule has 0 bridgehead atoms. The molecule has 1 saturated carbocycles. The van der Waals surface area contributed by atoms with Crippen molar-refractivity contribution in [2.45, 2.75) is 26.2 Å². The average Bonchev–Trinajstić information content (AvgIpc) is 1.99. The summed E-state index contributed by atoms with van der Waals surface area (Å²) in [7, 11) is 0. The third kappa shape index (κ3) is 1.95. The standard InChI is InChI=1S/C10H15NO3/c1-10(3-2-4-10)7-11-5-8(12)14-9(13)6-11/h2-7H2,1H3. The van der Waals surface area contributed by atoms with Crippen molar-refractivity contribution in [1.82, 2.24) is 4.90 Å². The van der Waals surface area contributed by atoms with Crippen LogP contribution in [0, 0.1) is 5.41 Å². The Kier molecular flexibility index (Phi) is 2.31. The van der Waals surface area contributed by atoms with Crippen LogP contribution in [0.1, 0.15) is 26.2 Å². The van der Waals surface area contributed by atoms with Crippen LogP contribution in [0.15, 0.2) is 0 Å². The second kappa shape index (κ2) is 3.35. The first kappa shape index (κ1) is 9.65. The summed E-state index contributed by atoms with van der Waals surface area (Å²) >= 11 is 0. The molecule has 0 spiro atoms. The van der Waals surface area contributed by atoms with Gasteiger partial charge >= 0.3 is 11.9 Å². The van der Waals surface area contributed by atoms with E-state index in [9.17, 15) is 9.59 Å². The van der Waals surface area contributed by atoms with Gasteiger partial charge in [-0.15, -0.1) is 0 Å². The van der Waals surface area contributed by atoms with Gasteiger partial charge in [0, 0.05) is 6.54 Å². The predicted octanol–water partition coefficient (Wildman–Crippen LogP) is 0.562. The van der Waals surface area contributed by atoms with Gasteiger partial charge in [-0.05, 0) is 18.3 Å². The third-order valence-corrected chi connectivity index (χ3v) is 3.10. The number of cyclic esters (lactones) is 2. The van der Waals surface area contributed by atoms with Gasteiger partial charge in [-0.3, -0.25) is 14.5 Å². The third-order valence-electron chi connectivity index (χ3n) is 3.10. The Balaban J connectivity index is 1.91. The summed E-state index contributed by atoms with van der Waals surface area (Å²) < 4.78 is 4.46. The highest BCUT2D eigenvalue weighted by molar-refractivity contribution is 5.90. The Bertz CT molecular complexity index is 255. The molecule has 0 atom stereocenters. The summed E-state index contributed by atoms with van der Waals surface area (Å²) in [6.07, 6.45) is 3.67. The van der Waals surface area contributed by atoms with Crippen molar-refractivity contribution in [3.05, 3.63) is 0 Å². The van der Waals surface area contributed by atoms with E-state index in [2.05, 4.69) is 11.7 Å². The van der Waals surface area contributed by atoms with Crippen LogP contribution >= 0.6 is 0 Å². The number of hydrogen-bond donors (Lipinski definition) is 0. The monoisotopic (exact) mass is 197 g/mol. The molecule has 0 radical (unpaired) electrons. The van der Waals surface area contributed by atoms with Crippen LogP contribution < -0.4 is 0 Å². The topological polar surface area (TPSA) is 46.6 Å². The Hall–Kier alpha value is -0.900. The number of morpholine rings is 1. The van der Waals surface area contributed by atoms with E-state index in [1.807, 2.05) is 4.90 Å². The number of carbonyl (C=O) groups is 2. The van der Waals surface area contributed by atoms with E-state index in [0.717, 1.165) is 6.54 Å². The molecule has 0 amide bonds. The molecule has 2 fully saturated rings. The first-order chi connectivity index (χ1) is 6.57. The lowest BCUT2D eigenvalue weighted by Crippen LogP contribution is -2.48. The second-order valence-electron chi connectivity index (χ2n) is 4.66. The van der Waals surface area contributed by atoms with Crippen molar-refractivity contribution >= 4 is 11.9 Å². The van der Waals surface area contributed by atoms with Crippen LogP contribution in [-0.4, -0.2) is 36.5 Å². The van der Waals surface area contributed by atoms with Gasteiger partial charge in [0.1, 0.15) is 0 Å². The predicted molar refractivity (Wildman–Crippen MR) is 49.5 cm³/mol. The lowest BCUT2D eigenvalue weighted by Gasteiger charge is -2.42. The maximum absolute atomic E-state index is 11.0. The zero-order chi connectivity index (χ0) is 10.2. The molecule has 0 aromatic carbocycles. The minimum absolute atomic E-state index is 0.265. The van der Waals surface area contributed by atoms with E-state index in [4.69, 9.17) is 0 Å². The van der Waals surface area contributed by atoms with Gasteiger partial charge in [0.05, 0.1) is 13.1 Å².